The molecule has 0 radical (unpaired) electrons. The second-order valence-corrected chi connectivity index (χ2v) is 7.70. The van der Waals surface area contributed by atoms with Crippen LogP contribution in [0.1, 0.15) is 11.1 Å². The molecule has 4 rings (SSSR count). The maximum absolute atomic E-state index is 12.2. The number of hydrogen-bond acceptors (Lipinski definition) is 4. The van der Waals surface area contributed by atoms with E-state index in [9.17, 15) is 14.7 Å². The molecule has 3 N–H and O–H groups in total. The first-order valence-electron chi connectivity index (χ1n) is 8.93. The van der Waals surface area contributed by atoms with Gasteiger partial charge in [-0.15, -0.1) is 0 Å². The highest BCUT2D eigenvalue weighted by Crippen LogP contribution is 2.19. The Hall–Kier alpha value is -3.14. The van der Waals surface area contributed by atoms with E-state index in [2.05, 4.69) is 37.6 Å². The Balaban J connectivity index is 1.60. The minimum atomic E-state index is -0.704. The molecule has 2 aromatic carbocycles. The van der Waals surface area contributed by atoms with E-state index in [0.717, 1.165) is 24.6 Å². The third kappa shape index (κ3) is 3.88. The van der Waals surface area contributed by atoms with E-state index in [-0.39, 0.29) is 5.56 Å². The number of aromatic nitrogens is 3. The third-order valence-electron chi connectivity index (χ3n) is 4.61. The molecule has 2 aromatic heterocycles. The number of aliphatic imine (C=N–C) groups is 1. The van der Waals surface area contributed by atoms with Gasteiger partial charge in [-0.25, -0.2) is 9.36 Å². The molecule has 0 saturated carbocycles. The topological polar surface area (TPSA) is 103 Å². The van der Waals surface area contributed by atoms with Crippen molar-refractivity contribution in [3.63, 3.8) is 0 Å². The third-order valence-corrected chi connectivity index (χ3v) is 5.33. The lowest BCUT2D eigenvalue weighted by molar-refractivity contribution is 0.430. The smallest absolute Gasteiger partial charge is 0.335 e. The molecule has 8 heteroatoms. The first-order chi connectivity index (χ1) is 14.0. The predicted molar refractivity (Wildman–Crippen MR) is 122 cm³/mol. The van der Waals surface area contributed by atoms with E-state index < -0.39 is 17.1 Å². The van der Waals surface area contributed by atoms with Crippen LogP contribution in [0.3, 0.4) is 0 Å². The van der Waals surface area contributed by atoms with Crippen LogP contribution in [0.2, 0.25) is 0 Å². The van der Waals surface area contributed by atoms with Crippen molar-refractivity contribution >= 4 is 39.7 Å². The van der Waals surface area contributed by atoms with Gasteiger partial charge in [-0.05, 0) is 64.9 Å². The molecule has 29 heavy (non-hydrogen) atoms. The average Bonchev–Trinajstić information content (AvgIpc) is 3.12. The Morgan fingerprint density at radius 2 is 1.86 bits per heavy atom. The Morgan fingerprint density at radius 1 is 1.10 bits per heavy atom. The number of rotatable bonds is 5. The van der Waals surface area contributed by atoms with Crippen LogP contribution in [0, 0.1) is 3.57 Å². The summed E-state index contributed by atoms with van der Waals surface area (Å²) in [6.07, 6.45) is 3.93. The summed E-state index contributed by atoms with van der Waals surface area (Å²) in [5, 5.41) is 11.7. The van der Waals surface area contributed by atoms with Crippen LogP contribution in [0.5, 0.6) is 5.88 Å². The zero-order valence-electron chi connectivity index (χ0n) is 15.2. The van der Waals surface area contributed by atoms with Crippen molar-refractivity contribution in [2.75, 3.05) is 6.54 Å². The van der Waals surface area contributed by atoms with Crippen LogP contribution >= 0.6 is 22.6 Å². The van der Waals surface area contributed by atoms with Crippen molar-refractivity contribution < 1.29 is 5.11 Å². The zero-order chi connectivity index (χ0) is 20.4. The van der Waals surface area contributed by atoms with E-state index in [1.165, 1.54) is 6.21 Å². The highest BCUT2D eigenvalue weighted by molar-refractivity contribution is 14.1. The normalized spacial score (nSPS) is 11.5. The summed E-state index contributed by atoms with van der Waals surface area (Å²) < 4.78 is 2.04. The highest BCUT2D eigenvalue weighted by Gasteiger charge is 2.14. The second kappa shape index (κ2) is 8.08. The Labute approximate surface area is 178 Å². The first kappa shape index (κ1) is 19.2. The number of benzene rings is 2. The standard InChI is InChI=1S/C21H17IN4O3/c22-14-5-7-15(8-6-14)26-20(28)17(19(27)25-21(26)29)12-23-10-9-13-11-24-18-4-2-1-3-16(13)18/h1-8,11-12,24,28H,9-10H2,(H,25,27,29). The Morgan fingerprint density at radius 3 is 2.66 bits per heavy atom. The molecule has 0 aliphatic rings. The molecule has 0 aliphatic carbocycles. The summed E-state index contributed by atoms with van der Waals surface area (Å²) >= 11 is 2.15. The molecule has 0 spiro atoms. The molecule has 7 nitrogen and oxygen atoms in total. The van der Waals surface area contributed by atoms with Gasteiger partial charge < -0.3 is 10.1 Å². The Kier molecular flexibility index (Phi) is 5.34. The summed E-state index contributed by atoms with van der Waals surface area (Å²) in [4.78, 5) is 34.1. The lowest BCUT2D eigenvalue weighted by Gasteiger charge is -2.09. The minimum Gasteiger partial charge on any atom is -0.493 e. The number of nitrogens with zero attached hydrogens (tertiary/aromatic N) is 2. The van der Waals surface area contributed by atoms with Gasteiger partial charge in [-0.1, -0.05) is 18.2 Å². The number of H-pyrrole nitrogens is 2. The quantitative estimate of drug-likeness (QED) is 0.290. The van der Waals surface area contributed by atoms with Gasteiger partial charge in [0.1, 0.15) is 5.56 Å². The number of nitrogens with one attached hydrogen (secondary N) is 2. The monoisotopic (exact) mass is 500 g/mol. The van der Waals surface area contributed by atoms with Gasteiger partial charge in [-0.2, -0.15) is 0 Å². The number of fused-ring (bicyclic) bond motifs is 1. The van der Waals surface area contributed by atoms with Crippen LogP contribution in [0.15, 0.2) is 69.3 Å². The molecule has 0 fully saturated rings. The maximum atomic E-state index is 12.2. The lowest BCUT2D eigenvalue weighted by atomic mass is 10.1. The summed E-state index contributed by atoms with van der Waals surface area (Å²) in [5.41, 5.74) is 1.21. The minimum absolute atomic E-state index is 0.0536. The summed E-state index contributed by atoms with van der Waals surface area (Å²) in [7, 11) is 0. The fourth-order valence-corrected chi connectivity index (χ4v) is 3.52. The van der Waals surface area contributed by atoms with Crippen molar-refractivity contribution in [1.82, 2.24) is 14.5 Å². The summed E-state index contributed by atoms with van der Waals surface area (Å²) in [5.74, 6) is -0.434. The summed E-state index contributed by atoms with van der Waals surface area (Å²) in [6.45, 7) is 0.434. The molecule has 0 bridgehead atoms. The number of aromatic amines is 2. The van der Waals surface area contributed by atoms with Crippen molar-refractivity contribution in [3.05, 3.63) is 90.3 Å². The van der Waals surface area contributed by atoms with E-state index in [1.54, 1.807) is 12.1 Å². The van der Waals surface area contributed by atoms with Crippen LogP contribution in [0.4, 0.5) is 0 Å². The molecule has 0 saturated heterocycles. The molecular formula is C21H17IN4O3. The van der Waals surface area contributed by atoms with E-state index in [4.69, 9.17) is 0 Å². The maximum Gasteiger partial charge on any atom is 0.335 e. The van der Waals surface area contributed by atoms with E-state index in [0.29, 0.717) is 18.7 Å². The summed E-state index contributed by atoms with van der Waals surface area (Å²) in [6, 6.07) is 15.0. The molecule has 0 atom stereocenters. The Bertz CT molecular complexity index is 1320. The van der Waals surface area contributed by atoms with Crippen molar-refractivity contribution in [2.24, 2.45) is 4.99 Å². The average molecular weight is 500 g/mol. The van der Waals surface area contributed by atoms with Crippen LogP contribution in [-0.2, 0) is 6.42 Å². The molecule has 4 aromatic rings. The number of hydrogen-bond donors (Lipinski definition) is 3. The predicted octanol–water partition coefficient (Wildman–Crippen LogP) is 2.98. The van der Waals surface area contributed by atoms with Crippen LogP contribution in [0.25, 0.3) is 16.6 Å². The van der Waals surface area contributed by atoms with Crippen LogP contribution < -0.4 is 11.2 Å². The lowest BCUT2D eigenvalue weighted by Crippen LogP contribution is -2.31. The molecule has 0 unspecified atom stereocenters. The number of halogens is 1. The van der Waals surface area contributed by atoms with Crippen LogP contribution in [-0.4, -0.2) is 32.4 Å². The molecule has 0 amide bonds. The van der Waals surface area contributed by atoms with Gasteiger partial charge >= 0.3 is 5.69 Å². The highest BCUT2D eigenvalue weighted by atomic mass is 127. The van der Waals surface area contributed by atoms with Crippen molar-refractivity contribution in [1.29, 1.82) is 0 Å². The van der Waals surface area contributed by atoms with Gasteiger partial charge in [0.05, 0.1) is 5.69 Å². The molecule has 146 valence electrons. The number of aromatic hydroxyl groups is 1. The fourth-order valence-electron chi connectivity index (χ4n) is 3.16. The molecule has 2 heterocycles. The van der Waals surface area contributed by atoms with E-state index in [1.807, 2.05) is 42.6 Å². The van der Waals surface area contributed by atoms with Gasteiger partial charge in [0.25, 0.3) is 5.56 Å². The molecule has 0 aliphatic heterocycles. The van der Waals surface area contributed by atoms with Gasteiger partial charge in [0.15, 0.2) is 0 Å². The van der Waals surface area contributed by atoms with Crippen molar-refractivity contribution in [2.45, 2.75) is 6.42 Å². The van der Waals surface area contributed by atoms with Gasteiger partial charge in [-0.3, -0.25) is 14.8 Å². The van der Waals surface area contributed by atoms with Crippen molar-refractivity contribution in [3.8, 4) is 11.6 Å². The first-order valence-corrected chi connectivity index (χ1v) is 10.0. The molecular weight excluding hydrogens is 483 g/mol. The SMILES string of the molecule is O=c1[nH]c(=O)n(-c2ccc(I)cc2)c(O)c1C=NCCc1c[nH]c2ccccc12. The van der Waals surface area contributed by atoms with Gasteiger partial charge in [0.2, 0.25) is 5.88 Å². The second-order valence-electron chi connectivity index (χ2n) is 6.45. The fraction of sp³-hybridized carbons (Fsp3) is 0.0952. The number of para-hydroxylation sites is 1. The zero-order valence-corrected chi connectivity index (χ0v) is 17.4. The van der Waals surface area contributed by atoms with E-state index >= 15 is 0 Å². The van der Waals surface area contributed by atoms with Gasteiger partial charge in [0, 0.05) is 33.4 Å². The largest absolute Gasteiger partial charge is 0.493 e.